The zero-order valence-corrected chi connectivity index (χ0v) is 15.2. The predicted octanol–water partition coefficient (Wildman–Crippen LogP) is 5.78. The summed E-state index contributed by atoms with van der Waals surface area (Å²) in [5, 5.41) is 6.48. The lowest BCUT2D eigenvalue weighted by Crippen LogP contribution is -2.17. The second kappa shape index (κ2) is 7.02. The first-order valence-electron chi connectivity index (χ1n) is 9.49. The SMILES string of the molecule is Cc1ccc(C(F)(F)F)cc1Nc1cc(C2CC2)nc(NC2CCCC2)n1. The number of hydrogen-bond donors (Lipinski definition) is 2. The Morgan fingerprint density at radius 1 is 1.00 bits per heavy atom. The third-order valence-electron chi connectivity index (χ3n) is 5.26. The van der Waals surface area contributed by atoms with E-state index in [1.165, 1.54) is 18.9 Å². The molecule has 0 radical (unpaired) electrons. The van der Waals surface area contributed by atoms with Crippen LogP contribution in [0.15, 0.2) is 24.3 Å². The molecule has 0 saturated heterocycles. The number of anilines is 3. The van der Waals surface area contributed by atoms with Crippen LogP contribution in [0.3, 0.4) is 0 Å². The average Bonchev–Trinajstić information content (AvgIpc) is 3.34. The van der Waals surface area contributed by atoms with Gasteiger partial charge in [-0.25, -0.2) is 4.98 Å². The maximum absolute atomic E-state index is 13.0. The van der Waals surface area contributed by atoms with Crippen LogP contribution in [-0.2, 0) is 6.18 Å². The first-order chi connectivity index (χ1) is 12.9. The van der Waals surface area contributed by atoms with Gasteiger partial charge in [-0.1, -0.05) is 18.9 Å². The average molecular weight is 376 g/mol. The normalized spacial score (nSPS) is 17.9. The van der Waals surface area contributed by atoms with Gasteiger partial charge in [-0.05, 0) is 50.3 Å². The maximum atomic E-state index is 13.0. The third kappa shape index (κ3) is 4.34. The zero-order chi connectivity index (χ0) is 19.0. The fraction of sp³-hybridized carbons (Fsp3) is 0.500. The van der Waals surface area contributed by atoms with E-state index in [-0.39, 0.29) is 0 Å². The second-order valence-corrected chi connectivity index (χ2v) is 7.55. The van der Waals surface area contributed by atoms with E-state index in [0.29, 0.717) is 29.4 Å². The Bertz CT molecular complexity index is 824. The molecule has 2 aromatic rings. The highest BCUT2D eigenvalue weighted by molar-refractivity contribution is 5.63. The van der Waals surface area contributed by atoms with Crippen molar-refractivity contribution in [3.8, 4) is 0 Å². The number of rotatable bonds is 5. The van der Waals surface area contributed by atoms with E-state index >= 15 is 0 Å². The van der Waals surface area contributed by atoms with Gasteiger partial charge in [0.1, 0.15) is 5.82 Å². The molecule has 1 heterocycles. The van der Waals surface area contributed by atoms with E-state index in [1.807, 2.05) is 6.07 Å². The van der Waals surface area contributed by atoms with E-state index in [9.17, 15) is 13.2 Å². The van der Waals surface area contributed by atoms with Crippen LogP contribution in [0.5, 0.6) is 0 Å². The van der Waals surface area contributed by atoms with Gasteiger partial charge in [0.05, 0.1) is 11.3 Å². The number of nitrogens with zero attached hydrogens (tertiary/aromatic N) is 2. The van der Waals surface area contributed by atoms with Crippen LogP contribution in [0.25, 0.3) is 0 Å². The number of halogens is 3. The van der Waals surface area contributed by atoms with Crippen molar-refractivity contribution < 1.29 is 13.2 Å². The molecule has 2 aliphatic carbocycles. The molecular formula is C20H23F3N4. The molecule has 2 N–H and O–H groups in total. The van der Waals surface area contributed by atoms with Gasteiger partial charge in [0.15, 0.2) is 0 Å². The molecule has 7 heteroatoms. The van der Waals surface area contributed by atoms with Crippen molar-refractivity contribution in [1.82, 2.24) is 9.97 Å². The molecular weight excluding hydrogens is 353 g/mol. The molecule has 144 valence electrons. The van der Waals surface area contributed by atoms with Crippen LogP contribution in [0, 0.1) is 6.92 Å². The molecule has 1 aromatic heterocycles. The molecule has 2 saturated carbocycles. The van der Waals surface area contributed by atoms with Gasteiger partial charge < -0.3 is 10.6 Å². The largest absolute Gasteiger partial charge is 0.416 e. The van der Waals surface area contributed by atoms with Crippen LogP contribution >= 0.6 is 0 Å². The highest BCUT2D eigenvalue weighted by Gasteiger charge is 2.31. The Hall–Kier alpha value is -2.31. The summed E-state index contributed by atoms with van der Waals surface area (Å²) < 4.78 is 39.1. The fourth-order valence-corrected chi connectivity index (χ4v) is 3.51. The Balaban J connectivity index is 1.62. The monoisotopic (exact) mass is 376 g/mol. The summed E-state index contributed by atoms with van der Waals surface area (Å²) >= 11 is 0. The lowest BCUT2D eigenvalue weighted by Gasteiger charge is -2.16. The van der Waals surface area contributed by atoms with Crippen molar-refractivity contribution >= 4 is 17.5 Å². The second-order valence-electron chi connectivity index (χ2n) is 7.55. The van der Waals surface area contributed by atoms with E-state index in [1.54, 1.807) is 6.92 Å². The van der Waals surface area contributed by atoms with Crippen LogP contribution in [-0.4, -0.2) is 16.0 Å². The highest BCUT2D eigenvalue weighted by Crippen LogP contribution is 2.40. The molecule has 0 aliphatic heterocycles. The lowest BCUT2D eigenvalue weighted by molar-refractivity contribution is -0.137. The van der Waals surface area contributed by atoms with Crippen molar-refractivity contribution in [3.05, 3.63) is 41.1 Å². The minimum Gasteiger partial charge on any atom is -0.351 e. The van der Waals surface area contributed by atoms with Gasteiger partial charge in [0, 0.05) is 23.7 Å². The predicted molar refractivity (Wildman–Crippen MR) is 99.3 cm³/mol. The summed E-state index contributed by atoms with van der Waals surface area (Å²) in [7, 11) is 0. The number of benzene rings is 1. The zero-order valence-electron chi connectivity index (χ0n) is 15.2. The standard InChI is InChI=1S/C20H23F3N4/c1-12-6-9-14(20(21,22)23)10-16(12)25-18-11-17(13-7-8-13)26-19(27-18)24-15-4-2-3-5-15/h6,9-11,13,15H,2-5,7-8H2,1H3,(H2,24,25,26,27). The van der Waals surface area contributed by atoms with Crippen molar-refractivity contribution in [2.75, 3.05) is 10.6 Å². The molecule has 0 amide bonds. The molecule has 27 heavy (non-hydrogen) atoms. The van der Waals surface area contributed by atoms with Gasteiger partial charge in [0.2, 0.25) is 5.95 Å². The van der Waals surface area contributed by atoms with E-state index in [2.05, 4.69) is 20.6 Å². The first-order valence-corrected chi connectivity index (χ1v) is 9.49. The van der Waals surface area contributed by atoms with Gasteiger partial charge in [-0.2, -0.15) is 18.2 Å². The van der Waals surface area contributed by atoms with E-state index in [4.69, 9.17) is 0 Å². The first kappa shape index (κ1) is 18.1. The Morgan fingerprint density at radius 3 is 2.41 bits per heavy atom. The van der Waals surface area contributed by atoms with Crippen molar-refractivity contribution in [3.63, 3.8) is 0 Å². The van der Waals surface area contributed by atoms with Crippen LogP contribution < -0.4 is 10.6 Å². The Morgan fingerprint density at radius 2 is 1.74 bits per heavy atom. The summed E-state index contributed by atoms with van der Waals surface area (Å²) in [4.78, 5) is 9.16. The third-order valence-corrected chi connectivity index (χ3v) is 5.26. The molecule has 2 fully saturated rings. The number of alkyl halides is 3. The summed E-state index contributed by atoms with van der Waals surface area (Å²) in [5.74, 6) is 1.54. The van der Waals surface area contributed by atoms with Crippen LogP contribution in [0.1, 0.15) is 61.3 Å². The summed E-state index contributed by atoms with van der Waals surface area (Å²) in [6.45, 7) is 1.78. The molecule has 0 atom stereocenters. The van der Waals surface area contributed by atoms with Crippen molar-refractivity contribution in [1.29, 1.82) is 0 Å². The van der Waals surface area contributed by atoms with Crippen molar-refractivity contribution in [2.45, 2.75) is 63.6 Å². The van der Waals surface area contributed by atoms with E-state index < -0.39 is 11.7 Å². The molecule has 0 unspecified atom stereocenters. The number of nitrogens with one attached hydrogen (secondary N) is 2. The maximum Gasteiger partial charge on any atom is 0.416 e. The summed E-state index contributed by atoms with van der Waals surface area (Å²) in [6.07, 6.45) is 2.44. The smallest absolute Gasteiger partial charge is 0.351 e. The number of aryl methyl sites for hydroxylation is 1. The fourth-order valence-electron chi connectivity index (χ4n) is 3.51. The molecule has 4 rings (SSSR count). The Kier molecular flexibility index (Phi) is 4.70. The van der Waals surface area contributed by atoms with E-state index in [0.717, 1.165) is 49.1 Å². The van der Waals surface area contributed by atoms with Gasteiger partial charge >= 0.3 is 6.18 Å². The minimum atomic E-state index is -4.37. The number of hydrogen-bond acceptors (Lipinski definition) is 4. The molecule has 1 aromatic carbocycles. The van der Waals surface area contributed by atoms with Gasteiger partial charge in [-0.3, -0.25) is 0 Å². The minimum absolute atomic E-state index is 0.377. The quantitative estimate of drug-likeness (QED) is 0.695. The van der Waals surface area contributed by atoms with Crippen molar-refractivity contribution in [2.24, 2.45) is 0 Å². The molecule has 0 spiro atoms. The summed E-state index contributed by atoms with van der Waals surface area (Å²) in [6, 6.07) is 5.95. The molecule has 4 nitrogen and oxygen atoms in total. The lowest BCUT2D eigenvalue weighted by atomic mass is 10.1. The van der Waals surface area contributed by atoms with Crippen LogP contribution in [0.4, 0.5) is 30.6 Å². The highest BCUT2D eigenvalue weighted by atomic mass is 19.4. The summed E-state index contributed by atoms with van der Waals surface area (Å²) in [5.41, 5.74) is 1.44. The van der Waals surface area contributed by atoms with Gasteiger partial charge in [-0.15, -0.1) is 0 Å². The van der Waals surface area contributed by atoms with Crippen LogP contribution in [0.2, 0.25) is 0 Å². The molecule has 0 bridgehead atoms. The number of aromatic nitrogens is 2. The molecule has 2 aliphatic rings. The topological polar surface area (TPSA) is 49.8 Å². The Labute approximate surface area is 156 Å². The van der Waals surface area contributed by atoms with Gasteiger partial charge in [0.25, 0.3) is 0 Å².